The van der Waals surface area contributed by atoms with Crippen LogP contribution in [0.5, 0.6) is 11.5 Å². The Hall–Kier alpha value is -2.21. The van der Waals surface area contributed by atoms with E-state index in [1.54, 1.807) is 7.11 Å². The molecule has 5 atom stereocenters. The van der Waals surface area contributed by atoms with Crippen LogP contribution in [0.4, 0.5) is 4.79 Å². The fraction of sp³-hybridized carbons (Fsp3) is 0.526. The second kappa shape index (κ2) is 4.91. The van der Waals surface area contributed by atoms with Crippen molar-refractivity contribution in [2.75, 3.05) is 20.8 Å². The number of amides is 1. The molecule has 2 aliphatic heterocycles. The largest absolute Gasteiger partial charge is 0.493 e. The number of benzene rings is 1. The van der Waals surface area contributed by atoms with Crippen molar-refractivity contribution in [3.63, 3.8) is 0 Å². The highest BCUT2D eigenvalue weighted by atomic mass is 16.5. The first-order valence-electron chi connectivity index (χ1n) is 8.69. The van der Waals surface area contributed by atoms with E-state index in [9.17, 15) is 9.90 Å². The third kappa shape index (κ3) is 1.66. The first-order valence-corrected chi connectivity index (χ1v) is 8.69. The minimum atomic E-state index is -0.662. The molecule has 1 aromatic carbocycles. The summed E-state index contributed by atoms with van der Waals surface area (Å²) >= 11 is 0. The van der Waals surface area contributed by atoms with E-state index in [-0.39, 0.29) is 29.6 Å². The topological polar surface area (TPSA) is 68.2 Å². The summed E-state index contributed by atoms with van der Waals surface area (Å²) in [5.74, 6) is 1.58. The van der Waals surface area contributed by atoms with Gasteiger partial charge in [-0.1, -0.05) is 18.2 Å². The summed E-state index contributed by atoms with van der Waals surface area (Å²) in [5, 5.41) is 10.6. The minimum absolute atomic E-state index is 0.0166. The summed E-state index contributed by atoms with van der Waals surface area (Å²) in [4.78, 5) is 14.1. The molecule has 1 saturated heterocycles. The van der Waals surface area contributed by atoms with E-state index in [2.05, 4.69) is 12.1 Å². The van der Waals surface area contributed by atoms with E-state index >= 15 is 0 Å². The van der Waals surface area contributed by atoms with Crippen molar-refractivity contribution in [2.45, 2.75) is 36.5 Å². The molecule has 5 rings (SSSR count). The zero-order valence-corrected chi connectivity index (χ0v) is 14.3. The summed E-state index contributed by atoms with van der Waals surface area (Å²) in [5.41, 5.74) is 2.04. The van der Waals surface area contributed by atoms with Crippen LogP contribution in [0, 0.1) is 5.92 Å². The van der Waals surface area contributed by atoms with Crippen LogP contribution >= 0.6 is 0 Å². The fourth-order valence-corrected chi connectivity index (χ4v) is 5.55. The number of carbonyl (C=O) groups is 1. The summed E-state index contributed by atoms with van der Waals surface area (Å²) in [6.45, 7) is 0.602. The zero-order chi connectivity index (χ0) is 17.3. The molecule has 25 heavy (non-hydrogen) atoms. The Morgan fingerprint density at radius 3 is 2.96 bits per heavy atom. The molecule has 2 aliphatic carbocycles. The lowest BCUT2D eigenvalue weighted by Crippen LogP contribution is -2.66. The molecule has 0 radical (unpaired) electrons. The van der Waals surface area contributed by atoms with Gasteiger partial charge in [0.1, 0.15) is 12.2 Å². The van der Waals surface area contributed by atoms with Gasteiger partial charge in [-0.15, -0.1) is 0 Å². The zero-order valence-electron chi connectivity index (χ0n) is 14.3. The molecule has 4 unspecified atom stereocenters. The number of nitrogens with zero attached hydrogens (tertiary/aromatic N) is 1. The smallest absolute Gasteiger partial charge is 0.409 e. The molecule has 1 aromatic rings. The van der Waals surface area contributed by atoms with Crippen molar-refractivity contribution in [3.05, 3.63) is 35.4 Å². The highest BCUT2D eigenvalue weighted by Gasteiger charge is 2.65. The van der Waals surface area contributed by atoms with Gasteiger partial charge in [-0.2, -0.15) is 0 Å². The van der Waals surface area contributed by atoms with Crippen molar-refractivity contribution in [2.24, 2.45) is 5.92 Å². The molecule has 0 aromatic heterocycles. The Morgan fingerprint density at radius 1 is 1.36 bits per heavy atom. The molecular formula is C19H21NO5. The molecule has 4 aliphatic rings. The second-order valence-electron chi connectivity index (χ2n) is 7.30. The van der Waals surface area contributed by atoms with Crippen molar-refractivity contribution in [3.8, 4) is 11.5 Å². The van der Waals surface area contributed by atoms with Gasteiger partial charge in [0.05, 0.1) is 14.2 Å². The SMILES string of the molecule is COC(=O)N1CC[C@]23c4c5ccc(OC)c4OC2C(O)C=CC3C1C5. The summed E-state index contributed by atoms with van der Waals surface area (Å²) < 4.78 is 16.8. The maximum atomic E-state index is 12.3. The fourth-order valence-electron chi connectivity index (χ4n) is 5.55. The Morgan fingerprint density at radius 2 is 2.20 bits per heavy atom. The van der Waals surface area contributed by atoms with Gasteiger partial charge in [0.25, 0.3) is 0 Å². The molecule has 6 nitrogen and oxygen atoms in total. The molecule has 6 heteroatoms. The first-order chi connectivity index (χ1) is 12.1. The van der Waals surface area contributed by atoms with E-state index in [0.717, 1.165) is 18.6 Å². The van der Waals surface area contributed by atoms with Crippen molar-refractivity contribution in [1.82, 2.24) is 4.90 Å². The Labute approximate surface area is 146 Å². The van der Waals surface area contributed by atoms with Crippen molar-refractivity contribution in [1.29, 1.82) is 0 Å². The number of ether oxygens (including phenoxy) is 3. The molecule has 0 saturated carbocycles. The Bertz CT molecular complexity index is 790. The highest BCUT2D eigenvalue weighted by molar-refractivity contribution is 5.70. The summed E-state index contributed by atoms with van der Waals surface area (Å²) in [6, 6.07) is 4.00. The molecule has 2 bridgehead atoms. The molecule has 1 fully saturated rings. The number of aliphatic hydroxyl groups excluding tert-OH is 1. The van der Waals surface area contributed by atoms with Crippen LogP contribution in [0.15, 0.2) is 24.3 Å². The number of aliphatic hydroxyl groups is 1. The number of hydrogen-bond acceptors (Lipinski definition) is 5. The van der Waals surface area contributed by atoms with E-state index < -0.39 is 6.10 Å². The van der Waals surface area contributed by atoms with E-state index in [4.69, 9.17) is 14.2 Å². The number of piperidine rings is 1. The van der Waals surface area contributed by atoms with Crippen LogP contribution in [-0.2, 0) is 16.6 Å². The third-order valence-corrected chi connectivity index (χ3v) is 6.49. The van der Waals surface area contributed by atoms with Gasteiger partial charge in [-0.25, -0.2) is 4.79 Å². The van der Waals surface area contributed by atoms with E-state index in [1.807, 2.05) is 17.0 Å². The van der Waals surface area contributed by atoms with Crippen LogP contribution < -0.4 is 9.47 Å². The lowest BCUT2D eigenvalue weighted by atomic mass is 9.53. The van der Waals surface area contributed by atoms with Gasteiger partial charge >= 0.3 is 6.09 Å². The maximum absolute atomic E-state index is 12.3. The molecule has 2 heterocycles. The Balaban J connectivity index is 1.74. The molecule has 1 spiro atoms. The van der Waals surface area contributed by atoms with Gasteiger partial charge in [0.2, 0.25) is 0 Å². The van der Waals surface area contributed by atoms with Gasteiger partial charge in [-0.3, -0.25) is 0 Å². The quantitative estimate of drug-likeness (QED) is 0.785. The number of hydrogen-bond donors (Lipinski definition) is 1. The van der Waals surface area contributed by atoms with Crippen LogP contribution in [0.2, 0.25) is 0 Å². The Kier molecular flexibility index (Phi) is 2.96. The number of methoxy groups -OCH3 is 2. The highest BCUT2D eigenvalue weighted by Crippen LogP contribution is 2.62. The number of likely N-dealkylation sites (tertiary alicyclic amines) is 1. The molecule has 132 valence electrons. The van der Waals surface area contributed by atoms with E-state index in [0.29, 0.717) is 12.3 Å². The molecule has 1 amide bonds. The standard InChI is InChI=1S/C19H21NO5/c1-23-14-6-3-10-9-12-11-4-5-13(21)17-19(11,15(10)16(14)25-17)7-8-20(12)18(22)24-2/h3-6,11-13,17,21H,7-9H2,1-2H3/t11?,12?,13?,17?,19-/m0/s1. The second-order valence-corrected chi connectivity index (χ2v) is 7.30. The van der Waals surface area contributed by atoms with Gasteiger partial charge in [-0.05, 0) is 24.5 Å². The average Bonchev–Trinajstić information content (AvgIpc) is 2.97. The lowest BCUT2D eigenvalue weighted by Gasteiger charge is -2.56. The lowest BCUT2D eigenvalue weighted by molar-refractivity contribution is -0.0472. The molecular weight excluding hydrogens is 322 g/mol. The summed E-state index contributed by atoms with van der Waals surface area (Å²) in [6.07, 6.45) is 4.09. The predicted molar refractivity (Wildman–Crippen MR) is 88.9 cm³/mol. The van der Waals surface area contributed by atoms with Crippen molar-refractivity contribution < 1.29 is 24.1 Å². The number of carbonyl (C=O) groups excluding carboxylic acids is 1. The predicted octanol–water partition coefficient (Wildman–Crippen LogP) is 1.64. The normalized spacial score (nSPS) is 36.5. The summed E-state index contributed by atoms with van der Waals surface area (Å²) in [7, 11) is 3.06. The number of rotatable bonds is 1. The van der Waals surface area contributed by atoms with Crippen LogP contribution in [0.3, 0.4) is 0 Å². The monoisotopic (exact) mass is 343 g/mol. The average molecular weight is 343 g/mol. The van der Waals surface area contributed by atoms with Gasteiger partial charge < -0.3 is 24.2 Å². The van der Waals surface area contributed by atoms with Crippen LogP contribution in [0.1, 0.15) is 17.5 Å². The van der Waals surface area contributed by atoms with Crippen LogP contribution in [-0.4, -0.2) is 55.1 Å². The van der Waals surface area contributed by atoms with Gasteiger partial charge in [0.15, 0.2) is 11.5 Å². The van der Waals surface area contributed by atoms with Crippen molar-refractivity contribution >= 4 is 6.09 Å². The minimum Gasteiger partial charge on any atom is -0.493 e. The first kappa shape index (κ1) is 15.1. The van der Waals surface area contributed by atoms with Gasteiger partial charge in [0, 0.05) is 29.5 Å². The van der Waals surface area contributed by atoms with Crippen LogP contribution in [0.25, 0.3) is 0 Å². The third-order valence-electron chi connectivity index (χ3n) is 6.49. The molecule has 1 N–H and O–H groups in total. The van der Waals surface area contributed by atoms with E-state index in [1.165, 1.54) is 18.2 Å². The maximum Gasteiger partial charge on any atom is 0.409 e.